The molecule has 4 N–H and O–H groups in total. The fourth-order valence-electron chi connectivity index (χ4n) is 3.62. The summed E-state index contributed by atoms with van der Waals surface area (Å²) in [5.74, 6) is -0.117. The van der Waals surface area contributed by atoms with Crippen molar-refractivity contribution < 1.29 is 16.8 Å². The predicted octanol–water partition coefficient (Wildman–Crippen LogP) is -0.174. The third-order valence-electron chi connectivity index (χ3n) is 5.33. The average molecular weight is 603 g/mol. The number of nitrogens with one attached hydrogen (secondary N) is 2. The maximum Gasteiger partial charge on any atom is 0.240 e. The summed E-state index contributed by atoms with van der Waals surface area (Å²) in [6.45, 7) is 0.428. The van der Waals surface area contributed by atoms with Crippen LogP contribution in [-0.4, -0.2) is 70.3 Å². The number of sulfone groups is 1. The van der Waals surface area contributed by atoms with Crippen LogP contribution in [0, 0.1) is 0 Å². The number of benzene rings is 1. The highest BCUT2D eigenvalue weighted by Crippen LogP contribution is 2.40. The molecule has 1 aromatic carbocycles. The molecule has 3 aromatic heterocycles. The largest absolute Gasteiger partial charge is 0.318 e. The van der Waals surface area contributed by atoms with Gasteiger partial charge in [0.25, 0.3) is 0 Å². The van der Waals surface area contributed by atoms with Gasteiger partial charge in [-0.3, -0.25) is 0 Å². The van der Waals surface area contributed by atoms with Crippen LogP contribution < -0.4 is 10.5 Å². The van der Waals surface area contributed by atoms with Crippen LogP contribution in [0.25, 0.3) is 33.7 Å². The molecule has 4 heterocycles. The minimum absolute atomic E-state index is 0. The molecule has 4 aromatic rings. The zero-order valence-electron chi connectivity index (χ0n) is 17.0. The number of primary sulfonamides is 1. The molecule has 0 unspecified atom stereocenters. The van der Waals surface area contributed by atoms with E-state index in [2.05, 4.69) is 35.9 Å². The van der Waals surface area contributed by atoms with Crippen LogP contribution in [0.3, 0.4) is 0 Å². The predicted molar refractivity (Wildman–Crippen MR) is 128 cm³/mol. The molecule has 33 heavy (non-hydrogen) atoms. The fraction of sp³-hybridized carbons (Fsp3) is 0.235. The number of halogens is 1. The number of rotatable bonds is 5. The molecule has 1 saturated heterocycles. The van der Waals surface area contributed by atoms with Crippen molar-refractivity contribution in [2.45, 2.75) is 15.0 Å². The summed E-state index contributed by atoms with van der Waals surface area (Å²) in [7, 11) is -6.73. The van der Waals surface area contributed by atoms with Crippen LogP contribution >= 0.6 is 24.0 Å². The average Bonchev–Trinajstić information content (AvgIpc) is 3.34. The first kappa shape index (κ1) is 23.6. The van der Waals surface area contributed by atoms with Crippen molar-refractivity contribution in [2.24, 2.45) is 12.2 Å². The number of nitrogens with zero attached hydrogens (tertiary/aromatic N) is 6. The second-order valence-electron chi connectivity index (χ2n) is 7.34. The fourth-order valence-corrected chi connectivity index (χ4v) is 6.81. The number of fused-ring (bicyclic) bond motifs is 1. The topological polar surface area (TPSA) is 192 Å². The van der Waals surface area contributed by atoms with Crippen LogP contribution in [0.1, 0.15) is 0 Å². The van der Waals surface area contributed by atoms with E-state index in [4.69, 9.17) is 5.14 Å². The summed E-state index contributed by atoms with van der Waals surface area (Å²) in [6, 6.07) is 4.44. The molecule has 13 nitrogen and oxygen atoms in total. The maximum atomic E-state index is 13.2. The summed E-state index contributed by atoms with van der Waals surface area (Å²) >= 11 is 0. The lowest BCUT2D eigenvalue weighted by Gasteiger charge is -2.28. The highest BCUT2D eigenvalue weighted by atomic mass is 127. The van der Waals surface area contributed by atoms with E-state index < -0.39 is 34.9 Å². The SMILES string of the molecule is Cn1cnc2cc(-c3ccc(S(=O)(=O)C4CNC4)c(S(N)(=O)=O)c3-c3nn[nH]n3)cnc21.I. The Bertz CT molecular complexity index is 1560. The molecule has 0 atom stereocenters. The Hall–Kier alpha value is -2.54. The molecule has 0 bridgehead atoms. The van der Waals surface area contributed by atoms with Gasteiger partial charge in [-0.1, -0.05) is 6.07 Å². The van der Waals surface area contributed by atoms with Crippen LogP contribution in [0.2, 0.25) is 0 Å². The van der Waals surface area contributed by atoms with E-state index in [0.29, 0.717) is 22.3 Å². The smallest absolute Gasteiger partial charge is 0.240 e. The summed E-state index contributed by atoms with van der Waals surface area (Å²) in [6.07, 6.45) is 3.12. The number of hydrogen-bond donors (Lipinski definition) is 3. The zero-order chi connectivity index (χ0) is 22.7. The summed E-state index contributed by atoms with van der Waals surface area (Å²) in [5, 5.41) is 21.2. The van der Waals surface area contributed by atoms with E-state index in [-0.39, 0.29) is 48.5 Å². The summed E-state index contributed by atoms with van der Waals surface area (Å²) in [5.41, 5.74) is 1.92. The molecule has 0 aliphatic carbocycles. The highest BCUT2D eigenvalue weighted by molar-refractivity contribution is 14.0. The van der Waals surface area contributed by atoms with E-state index in [0.717, 1.165) is 0 Å². The lowest BCUT2D eigenvalue weighted by molar-refractivity contribution is 0.493. The van der Waals surface area contributed by atoms with Crippen molar-refractivity contribution in [3.63, 3.8) is 0 Å². The van der Waals surface area contributed by atoms with Crippen molar-refractivity contribution in [1.82, 2.24) is 40.5 Å². The lowest BCUT2D eigenvalue weighted by atomic mass is 10.0. The normalized spacial score (nSPS) is 14.7. The molecule has 0 saturated carbocycles. The molecular formula is C17H18IN9O4S2. The van der Waals surface area contributed by atoms with Gasteiger partial charge < -0.3 is 9.88 Å². The number of nitrogens with two attached hydrogens (primary N) is 1. The standard InChI is InChI=1S/C17H17N9O4S2.HI/c1-26-8-21-12-4-9(5-20-17(12)26)11-2-3-13(31(27,28)10-6-19-7-10)15(32(18,29)30)14(11)16-22-24-25-23-16;/h2-5,8,10,19H,6-7H2,1H3,(H2,18,29,30)(H,22,23,24,25);1H. The molecule has 174 valence electrons. The molecule has 5 rings (SSSR count). The Morgan fingerprint density at radius 2 is 1.91 bits per heavy atom. The number of hydrogen-bond acceptors (Lipinski definition) is 10. The lowest BCUT2D eigenvalue weighted by Crippen LogP contribution is -2.51. The second kappa shape index (κ2) is 8.35. The molecule has 0 amide bonds. The van der Waals surface area contributed by atoms with Gasteiger partial charge in [-0.25, -0.2) is 31.9 Å². The van der Waals surface area contributed by atoms with Crippen molar-refractivity contribution in [1.29, 1.82) is 0 Å². The summed E-state index contributed by atoms with van der Waals surface area (Å²) in [4.78, 5) is 7.67. The first-order valence-electron chi connectivity index (χ1n) is 9.33. The minimum atomic E-state index is -4.52. The Balaban J connectivity index is 0.00000259. The number of imidazole rings is 1. The van der Waals surface area contributed by atoms with Gasteiger partial charge in [0.1, 0.15) is 10.4 Å². The number of pyridine rings is 1. The molecular weight excluding hydrogens is 585 g/mol. The van der Waals surface area contributed by atoms with Crippen LogP contribution in [0.5, 0.6) is 0 Å². The first-order chi connectivity index (χ1) is 15.2. The quantitative estimate of drug-likeness (QED) is 0.258. The van der Waals surface area contributed by atoms with Crippen molar-refractivity contribution in [3.05, 3.63) is 30.7 Å². The highest BCUT2D eigenvalue weighted by Gasteiger charge is 2.38. The zero-order valence-corrected chi connectivity index (χ0v) is 21.0. The summed E-state index contributed by atoms with van der Waals surface area (Å²) < 4.78 is 53.5. The van der Waals surface area contributed by atoms with E-state index in [1.54, 1.807) is 24.0 Å². The Morgan fingerprint density at radius 1 is 1.15 bits per heavy atom. The third kappa shape index (κ3) is 3.90. The number of aryl methyl sites for hydroxylation is 1. The number of tetrazole rings is 1. The van der Waals surface area contributed by atoms with E-state index in [9.17, 15) is 16.8 Å². The van der Waals surface area contributed by atoms with Crippen LogP contribution in [0.15, 0.2) is 40.5 Å². The van der Waals surface area contributed by atoms with Crippen LogP contribution in [-0.2, 0) is 26.9 Å². The molecule has 1 fully saturated rings. The van der Waals surface area contributed by atoms with Gasteiger partial charge in [0, 0.05) is 31.9 Å². The van der Waals surface area contributed by atoms with Gasteiger partial charge in [-0.2, -0.15) is 5.21 Å². The van der Waals surface area contributed by atoms with Gasteiger partial charge in [-0.05, 0) is 22.9 Å². The Morgan fingerprint density at radius 3 is 2.52 bits per heavy atom. The van der Waals surface area contributed by atoms with Crippen LogP contribution in [0.4, 0.5) is 0 Å². The third-order valence-corrected chi connectivity index (χ3v) is 8.61. The maximum absolute atomic E-state index is 13.2. The Labute approximate surface area is 205 Å². The van der Waals surface area contributed by atoms with E-state index in [1.807, 2.05) is 0 Å². The molecule has 0 spiro atoms. The van der Waals surface area contributed by atoms with Crippen molar-refractivity contribution in [2.75, 3.05) is 13.1 Å². The van der Waals surface area contributed by atoms with E-state index in [1.165, 1.54) is 18.3 Å². The number of aromatic amines is 1. The van der Waals surface area contributed by atoms with Gasteiger partial charge >= 0.3 is 0 Å². The van der Waals surface area contributed by atoms with Crippen molar-refractivity contribution in [3.8, 4) is 22.5 Å². The van der Waals surface area contributed by atoms with Gasteiger partial charge in [0.15, 0.2) is 15.5 Å². The number of H-pyrrole nitrogens is 1. The van der Waals surface area contributed by atoms with E-state index >= 15 is 0 Å². The molecule has 0 radical (unpaired) electrons. The first-order valence-corrected chi connectivity index (χ1v) is 12.4. The number of aromatic nitrogens is 7. The van der Waals surface area contributed by atoms with Gasteiger partial charge in [-0.15, -0.1) is 34.2 Å². The van der Waals surface area contributed by atoms with Crippen molar-refractivity contribution >= 4 is 55.0 Å². The number of sulfonamides is 1. The second-order valence-corrected chi connectivity index (χ2v) is 11.0. The van der Waals surface area contributed by atoms with Gasteiger partial charge in [0.2, 0.25) is 15.8 Å². The molecule has 16 heteroatoms. The molecule has 1 aliphatic rings. The Kier molecular flexibility index (Phi) is 5.97. The molecule has 1 aliphatic heterocycles. The minimum Gasteiger partial charge on any atom is -0.318 e. The monoisotopic (exact) mass is 603 g/mol. The van der Waals surface area contributed by atoms with Gasteiger partial charge in [0.05, 0.1) is 22.0 Å².